The second kappa shape index (κ2) is 7.50. The number of carbonyl (C=O) groups excluding carboxylic acids is 1. The Bertz CT molecular complexity index is 773. The van der Waals surface area contributed by atoms with Crippen LogP contribution < -0.4 is 5.32 Å². The minimum Gasteiger partial charge on any atom is -0.444 e. The van der Waals surface area contributed by atoms with Crippen LogP contribution in [0, 0.1) is 6.92 Å². The van der Waals surface area contributed by atoms with Crippen LogP contribution in [0.5, 0.6) is 0 Å². The molecule has 0 bridgehead atoms. The first-order chi connectivity index (χ1) is 11.7. The second-order valence-corrected chi connectivity index (χ2v) is 7.04. The Kier molecular flexibility index (Phi) is 5.61. The Morgan fingerprint density at radius 1 is 1.40 bits per heavy atom. The third kappa shape index (κ3) is 5.17. The van der Waals surface area contributed by atoms with Crippen molar-refractivity contribution in [2.24, 2.45) is 4.99 Å². The molecule has 136 valence electrons. The van der Waals surface area contributed by atoms with Crippen LogP contribution in [0.25, 0.3) is 11.0 Å². The number of aliphatic imine (C=N–C) groups is 1. The predicted molar refractivity (Wildman–Crippen MR) is 98.3 cm³/mol. The Morgan fingerprint density at radius 2 is 2.12 bits per heavy atom. The fourth-order valence-corrected chi connectivity index (χ4v) is 2.33. The van der Waals surface area contributed by atoms with Crippen molar-refractivity contribution < 1.29 is 9.53 Å². The fourth-order valence-electron chi connectivity index (χ4n) is 2.33. The van der Waals surface area contributed by atoms with E-state index in [4.69, 9.17) is 4.74 Å². The maximum atomic E-state index is 11.7. The highest BCUT2D eigenvalue weighted by molar-refractivity contribution is 5.90. The van der Waals surface area contributed by atoms with Crippen LogP contribution in [0.2, 0.25) is 0 Å². The molecule has 0 fully saturated rings. The van der Waals surface area contributed by atoms with Gasteiger partial charge in [0.2, 0.25) is 0 Å². The van der Waals surface area contributed by atoms with E-state index in [2.05, 4.69) is 20.3 Å². The Balaban J connectivity index is 2.12. The van der Waals surface area contributed by atoms with Crippen LogP contribution in [0.1, 0.15) is 26.3 Å². The van der Waals surface area contributed by atoms with Crippen molar-refractivity contribution in [3.05, 3.63) is 18.1 Å². The SMILES string of the molecule is Cc1cn(CCNC(=O)OC(C)(C)C)c2ncnc(/N=C/N(C)C)c12. The summed E-state index contributed by atoms with van der Waals surface area (Å²) in [6.07, 6.45) is 4.78. The largest absolute Gasteiger partial charge is 0.444 e. The van der Waals surface area contributed by atoms with Gasteiger partial charge in [-0.2, -0.15) is 0 Å². The standard InChI is InChI=1S/C17H26N6O2/c1-12-9-23(8-7-18-16(24)25-17(2,3)4)15-13(12)14(19-10-20-15)21-11-22(5)6/h9-11H,7-8H2,1-6H3,(H,18,24)/b21-11+. The second-order valence-electron chi connectivity index (χ2n) is 7.04. The van der Waals surface area contributed by atoms with Gasteiger partial charge in [0.25, 0.3) is 0 Å². The molecule has 0 saturated heterocycles. The molecule has 0 radical (unpaired) electrons. The van der Waals surface area contributed by atoms with Gasteiger partial charge < -0.3 is 19.5 Å². The molecule has 2 aromatic rings. The summed E-state index contributed by atoms with van der Waals surface area (Å²) < 4.78 is 7.22. The van der Waals surface area contributed by atoms with Crippen LogP contribution in [0.3, 0.4) is 0 Å². The van der Waals surface area contributed by atoms with E-state index in [0.29, 0.717) is 18.9 Å². The van der Waals surface area contributed by atoms with Crippen LogP contribution >= 0.6 is 0 Å². The van der Waals surface area contributed by atoms with Crippen LogP contribution in [0.4, 0.5) is 10.6 Å². The zero-order valence-corrected chi connectivity index (χ0v) is 15.7. The first kappa shape index (κ1) is 18.7. The first-order valence-corrected chi connectivity index (χ1v) is 8.15. The highest BCUT2D eigenvalue weighted by Crippen LogP contribution is 2.26. The molecule has 2 heterocycles. The topological polar surface area (TPSA) is 84.6 Å². The number of nitrogens with zero attached hydrogens (tertiary/aromatic N) is 5. The average Bonchev–Trinajstić information content (AvgIpc) is 2.80. The average molecular weight is 346 g/mol. The molecule has 0 aromatic carbocycles. The lowest BCUT2D eigenvalue weighted by Crippen LogP contribution is -2.34. The number of hydrogen-bond donors (Lipinski definition) is 1. The van der Waals surface area contributed by atoms with E-state index in [1.807, 2.05) is 57.5 Å². The van der Waals surface area contributed by atoms with E-state index in [1.165, 1.54) is 6.33 Å². The van der Waals surface area contributed by atoms with Gasteiger partial charge in [-0.25, -0.2) is 19.8 Å². The number of aryl methyl sites for hydroxylation is 1. The molecule has 0 spiro atoms. The summed E-state index contributed by atoms with van der Waals surface area (Å²) in [7, 11) is 3.81. The highest BCUT2D eigenvalue weighted by Gasteiger charge is 2.16. The molecular weight excluding hydrogens is 320 g/mol. The van der Waals surface area contributed by atoms with E-state index in [9.17, 15) is 4.79 Å². The van der Waals surface area contributed by atoms with Gasteiger partial charge in [0.05, 0.1) is 11.7 Å². The quantitative estimate of drug-likeness (QED) is 0.664. The summed E-state index contributed by atoms with van der Waals surface area (Å²) in [6.45, 7) is 8.53. The Labute approximate surface area is 147 Å². The Hall–Kier alpha value is -2.64. The van der Waals surface area contributed by atoms with Crippen molar-refractivity contribution in [3.63, 3.8) is 0 Å². The molecule has 1 amide bonds. The molecule has 0 aliphatic carbocycles. The lowest BCUT2D eigenvalue weighted by molar-refractivity contribution is 0.0526. The van der Waals surface area contributed by atoms with Crippen LogP contribution in [0.15, 0.2) is 17.5 Å². The summed E-state index contributed by atoms with van der Waals surface area (Å²) in [5.74, 6) is 0.634. The van der Waals surface area contributed by atoms with Crippen molar-refractivity contribution in [1.29, 1.82) is 0 Å². The van der Waals surface area contributed by atoms with E-state index >= 15 is 0 Å². The van der Waals surface area contributed by atoms with Crippen molar-refractivity contribution in [2.75, 3.05) is 20.6 Å². The van der Waals surface area contributed by atoms with Crippen molar-refractivity contribution >= 4 is 29.3 Å². The molecule has 2 aromatic heterocycles. The van der Waals surface area contributed by atoms with Crippen molar-refractivity contribution in [3.8, 4) is 0 Å². The highest BCUT2D eigenvalue weighted by atomic mass is 16.6. The molecule has 25 heavy (non-hydrogen) atoms. The van der Waals surface area contributed by atoms with Gasteiger partial charge in [0.1, 0.15) is 17.6 Å². The van der Waals surface area contributed by atoms with Gasteiger partial charge in [-0.1, -0.05) is 0 Å². The summed E-state index contributed by atoms with van der Waals surface area (Å²) in [5, 5.41) is 3.67. The maximum Gasteiger partial charge on any atom is 0.407 e. The van der Waals surface area contributed by atoms with E-state index in [1.54, 1.807) is 6.34 Å². The van der Waals surface area contributed by atoms with Crippen molar-refractivity contribution in [1.82, 2.24) is 24.8 Å². The zero-order chi connectivity index (χ0) is 18.6. The minimum atomic E-state index is -0.507. The summed E-state index contributed by atoms with van der Waals surface area (Å²) in [5.41, 5.74) is 1.33. The van der Waals surface area contributed by atoms with Gasteiger partial charge in [-0.15, -0.1) is 0 Å². The number of hydrogen-bond acceptors (Lipinski definition) is 5. The minimum absolute atomic E-state index is 0.424. The van der Waals surface area contributed by atoms with Gasteiger partial charge >= 0.3 is 6.09 Å². The van der Waals surface area contributed by atoms with Crippen LogP contribution in [-0.2, 0) is 11.3 Å². The molecular formula is C17H26N6O2. The third-order valence-electron chi connectivity index (χ3n) is 3.26. The zero-order valence-electron chi connectivity index (χ0n) is 15.7. The van der Waals surface area contributed by atoms with Gasteiger partial charge in [-0.05, 0) is 33.3 Å². The van der Waals surface area contributed by atoms with E-state index < -0.39 is 11.7 Å². The number of alkyl carbamates (subject to hydrolysis) is 1. The molecule has 1 N–H and O–H groups in total. The fraction of sp³-hybridized carbons (Fsp3) is 0.529. The number of amides is 1. The number of aromatic nitrogens is 3. The smallest absolute Gasteiger partial charge is 0.407 e. The number of carbonyl (C=O) groups is 1. The molecule has 0 saturated carbocycles. The first-order valence-electron chi connectivity index (χ1n) is 8.15. The van der Waals surface area contributed by atoms with E-state index in [-0.39, 0.29) is 0 Å². The van der Waals surface area contributed by atoms with Gasteiger partial charge in [0, 0.05) is 33.4 Å². The van der Waals surface area contributed by atoms with Gasteiger partial charge in [-0.3, -0.25) is 0 Å². The molecule has 0 atom stereocenters. The molecule has 0 unspecified atom stereocenters. The monoisotopic (exact) mass is 346 g/mol. The summed E-state index contributed by atoms with van der Waals surface area (Å²) in [4.78, 5) is 26.6. The number of ether oxygens (including phenoxy) is 1. The predicted octanol–water partition coefficient (Wildman–Crippen LogP) is 2.49. The summed E-state index contributed by atoms with van der Waals surface area (Å²) >= 11 is 0. The lowest BCUT2D eigenvalue weighted by atomic mass is 10.2. The van der Waals surface area contributed by atoms with E-state index in [0.717, 1.165) is 16.6 Å². The van der Waals surface area contributed by atoms with Crippen LogP contribution in [-0.4, -0.2) is 58.1 Å². The number of fused-ring (bicyclic) bond motifs is 1. The molecule has 8 nitrogen and oxygen atoms in total. The summed E-state index contributed by atoms with van der Waals surface area (Å²) in [6, 6.07) is 0. The molecule has 0 aliphatic rings. The number of rotatable bonds is 5. The molecule has 0 aliphatic heterocycles. The normalized spacial score (nSPS) is 11.9. The lowest BCUT2D eigenvalue weighted by Gasteiger charge is -2.19. The number of nitrogens with one attached hydrogen (secondary N) is 1. The van der Waals surface area contributed by atoms with Crippen molar-refractivity contribution in [2.45, 2.75) is 39.8 Å². The maximum absolute atomic E-state index is 11.7. The molecule has 8 heteroatoms. The molecule has 2 rings (SSSR count). The Morgan fingerprint density at radius 3 is 2.76 bits per heavy atom. The third-order valence-corrected chi connectivity index (χ3v) is 3.26. The van der Waals surface area contributed by atoms with Gasteiger partial charge in [0.15, 0.2) is 5.82 Å².